The molecule has 0 bridgehead atoms. The Labute approximate surface area is 112 Å². The maximum absolute atomic E-state index is 12.4. The monoisotopic (exact) mass is 250 g/mol. The third-order valence-electron chi connectivity index (χ3n) is 2.88. The number of ketones is 1. The molecule has 0 spiro atoms. The van der Waals surface area contributed by atoms with Crippen LogP contribution in [-0.4, -0.2) is 10.8 Å². The van der Waals surface area contributed by atoms with E-state index in [-0.39, 0.29) is 5.78 Å². The number of carbonyl (C=O) groups excluding carboxylic acids is 1. The normalized spacial score (nSPS) is 11.6. The van der Waals surface area contributed by atoms with Crippen LogP contribution in [0.3, 0.4) is 0 Å². The van der Waals surface area contributed by atoms with Crippen LogP contribution in [0.2, 0.25) is 0 Å². The Bertz CT molecular complexity index is 621. The fourth-order valence-electron chi connectivity index (χ4n) is 2.09. The van der Waals surface area contributed by atoms with Crippen LogP contribution in [0.15, 0.2) is 42.6 Å². The lowest BCUT2D eigenvalue weighted by Crippen LogP contribution is -2.13. The number of benzene rings is 1. The van der Waals surface area contributed by atoms with E-state index in [1.54, 1.807) is 24.4 Å². The summed E-state index contributed by atoms with van der Waals surface area (Å²) in [7, 11) is 0. The van der Waals surface area contributed by atoms with Crippen molar-refractivity contribution in [1.29, 1.82) is 5.26 Å². The van der Waals surface area contributed by atoms with Crippen LogP contribution >= 0.6 is 0 Å². The third-order valence-corrected chi connectivity index (χ3v) is 2.88. The first-order valence-corrected chi connectivity index (χ1v) is 6.05. The minimum Gasteiger partial charge on any atom is -0.292 e. The zero-order chi connectivity index (χ0) is 13.8. The second kappa shape index (κ2) is 5.45. The van der Waals surface area contributed by atoms with E-state index in [0.717, 1.165) is 11.1 Å². The van der Waals surface area contributed by atoms with Crippen molar-refractivity contribution < 1.29 is 4.79 Å². The van der Waals surface area contributed by atoms with E-state index in [9.17, 15) is 10.1 Å². The smallest absolute Gasteiger partial charge is 0.186 e. The van der Waals surface area contributed by atoms with E-state index in [1.807, 2.05) is 38.1 Å². The van der Waals surface area contributed by atoms with Crippen molar-refractivity contribution in [2.75, 3.05) is 0 Å². The maximum atomic E-state index is 12.4. The Balaban J connectivity index is 2.40. The highest BCUT2D eigenvalue weighted by molar-refractivity contribution is 6.02. The molecule has 3 heteroatoms. The predicted molar refractivity (Wildman–Crippen MR) is 72.8 cm³/mol. The zero-order valence-corrected chi connectivity index (χ0v) is 10.9. The molecule has 0 unspecified atom stereocenters. The van der Waals surface area contributed by atoms with E-state index >= 15 is 0 Å². The summed E-state index contributed by atoms with van der Waals surface area (Å²) in [5.41, 5.74) is 3.09. The zero-order valence-electron chi connectivity index (χ0n) is 10.9. The van der Waals surface area contributed by atoms with Gasteiger partial charge in [-0.2, -0.15) is 5.26 Å². The molecule has 0 aliphatic heterocycles. The number of pyridine rings is 1. The van der Waals surface area contributed by atoms with Crippen LogP contribution in [0.25, 0.3) is 0 Å². The van der Waals surface area contributed by atoms with Crippen molar-refractivity contribution in [1.82, 2.24) is 4.98 Å². The van der Waals surface area contributed by atoms with Gasteiger partial charge in [0.05, 0.1) is 11.8 Å². The van der Waals surface area contributed by atoms with Gasteiger partial charge in [0.2, 0.25) is 0 Å². The summed E-state index contributed by atoms with van der Waals surface area (Å²) in [6.07, 6.45) is 1.59. The molecule has 1 aromatic heterocycles. The van der Waals surface area contributed by atoms with Crippen molar-refractivity contribution >= 4 is 5.78 Å². The average Bonchev–Trinajstić information content (AvgIpc) is 2.39. The van der Waals surface area contributed by atoms with Crippen LogP contribution < -0.4 is 0 Å². The number of aromatic nitrogens is 1. The molecule has 0 N–H and O–H groups in total. The maximum Gasteiger partial charge on any atom is 0.186 e. The van der Waals surface area contributed by atoms with Gasteiger partial charge in [0.25, 0.3) is 0 Å². The van der Waals surface area contributed by atoms with Crippen molar-refractivity contribution in [2.24, 2.45) is 0 Å². The standard InChI is InChI=1S/C16H14N2O/c1-11-7-12(2)9-13(8-11)16(19)14(10-17)15-5-3-4-6-18-15/h3-9,14H,1-2H3/t14-/m1/s1. The summed E-state index contributed by atoms with van der Waals surface area (Å²) >= 11 is 0. The van der Waals surface area contributed by atoms with Crippen molar-refractivity contribution in [3.05, 3.63) is 65.0 Å². The van der Waals surface area contributed by atoms with Gasteiger partial charge in [-0.05, 0) is 38.1 Å². The summed E-state index contributed by atoms with van der Waals surface area (Å²) in [4.78, 5) is 16.5. The number of aryl methyl sites for hydroxylation is 2. The van der Waals surface area contributed by atoms with Crippen molar-refractivity contribution in [3.63, 3.8) is 0 Å². The highest BCUT2D eigenvalue weighted by Crippen LogP contribution is 2.20. The number of hydrogen-bond acceptors (Lipinski definition) is 3. The molecule has 0 fully saturated rings. The largest absolute Gasteiger partial charge is 0.292 e. The fourth-order valence-corrected chi connectivity index (χ4v) is 2.09. The molecule has 0 aliphatic carbocycles. The quantitative estimate of drug-likeness (QED) is 0.786. The Morgan fingerprint density at radius 1 is 1.21 bits per heavy atom. The molecule has 0 aliphatic rings. The van der Waals surface area contributed by atoms with Gasteiger partial charge < -0.3 is 0 Å². The predicted octanol–water partition coefficient (Wildman–Crippen LogP) is 3.19. The molecule has 0 saturated carbocycles. The summed E-state index contributed by atoms with van der Waals surface area (Å²) in [6, 6.07) is 12.9. The molecule has 1 heterocycles. The van der Waals surface area contributed by atoms with Gasteiger partial charge in [-0.1, -0.05) is 23.3 Å². The molecule has 94 valence electrons. The minimum absolute atomic E-state index is 0.201. The number of carbonyl (C=O) groups is 1. The molecule has 0 saturated heterocycles. The summed E-state index contributed by atoms with van der Waals surface area (Å²) in [5, 5.41) is 9.24. The van der Waals surface area contributed by atoms with Gasteiger partial charge in [-0.3, -0.25) is 9.78 Å². The molecular formula is C16H14N2O. The lowest BCUT2D eigenvalue weighted by atomic mass is 9.93. The minimum atomic E-state index is -0.845. The van der Waals surface area contributed by atoms with Gasteiger partial charge in [-0.25, -0.2) is 0 Å². The number of hydrogen-bond donors (Lipinski definition) is 0. The molecule has 1 aromatic carbocycles. The van der Waals surface area contributed by atoms with Gasteiger partial charge in [-0.15, -0.1) is 0 Å². The fraction of sp³-hybridized carbons (Fsp3) is 0.188. The third kappa shape index (κ3) is 2.86. The molecule has 19 heavy (non-hydrogen) atoms. The topological polar surface area (TPSA) is 53.8 Å². The molecular weight excluding hydrogens is 236 g/mol. The SMILES string of the molecule is Cc1cc(C)cc(C(=O)[C@H](C#N)c2ccccn2)c1. The molecule has 2 aromatic rings. The van der Waals surface area contributed by atoms with Crippen LogP contribution in [0.5, 0.6) is 0 Å². The first kappa shape index (κ1) is 13.0. The molecule has 0 radical (unpaired) electrons. The van der Waals surface area contributed by atoms with E-state index in [1.165, 1.54) is 0 Å². The average molecular weight is 250 g/mol. The van der Waals surface area contributed by atoms with Crippen LogP contribution in [0, 0.1) is 25.2 Å². The van der Waals surface area contributed by atoms with Gasteiger partial charge in [0.15, 0.2) is 11.7 Å². The number of Topliss-reactive ketones (excluding diaryl/α,β-unsaturated/α-hetero) is 1. The summed E-state index contributed by atoms with van der Waals surface area (Å²) < 4.78 is 0. The molecule has 1 atom stereocenters. The summed E-state index contributed by atoms with van der Waals surface area (Å²) in [5.74, 6) is -1.05. The van der Waals surface area contributed by atoms with Crippen molar-refractivity contribution in [3.8, 4) is 6.07 Å². The molecule has 2 rings (SSSR count). The van der Waals surface area contributed by atoms with E-state index < -0.39 is 5.92 Å². The lowest BCUT2D eigenvalue weighted by Gasteiger charge is -2.09. The number of nitrogens with zero attached hydrogens (tertiary/aromatic N) is 2. The Hall–Kier alpha value is -2.47. The Morgan fingerprint density at radius 2 is 1.89 bits per heavy atom. The van der Waals surface area contributed by atoms with E-state index in [4.69, 9.17) is 0 Å². The molecule has 0 amide bonds. The van der Waals surface area contributed by atoms with E-state index in [0.29, 0.717) is 11.3 Å². The Kier molecular flexibility index (Phi) is 3.72. The van der Waals surface area contributed by atoms with Crippen LogP contribution in [0.4, 0.5) is 0 Å². The van der Waals surface area contributed by atoms with Gasteiger partial charge >= 0.3 is 0 Å². The molecule has 3 nitrogen and oxygen atoms in total. The van der Waals surface area contributed by atoms with Gasteiger partial charge in [0, 0.05) is 11.8 Å². The second-order valence-electron chi connectivity index (χ2n) is 4.56. The number of rotatable bonds is 3. The Morgan fingerprint density at radius 3 is 2.42 bits per heavy atom. The number of nitriles is 1. The first-order valence-electron chi connectivity index (χ1n) is 6.05. The highest BCUT2D eigenvalue weighted by atomic mass is 16.1. The highest BCUT2D eigenvalue weighted by Gasteiger charge is 2.23. The van der Waals surface area contributed by atoms with Gasteiger partial charge in [0.1, 0.15) is 0 Å². The summed E-state index contributed by atoms with van der Waals surface area (Å²) in [6.45, 7) is 3.87. The van der Waals surface area contributed by atoms with Crippen LogP contribution in [0.1, 0.15) is 33.1 Å². The van der Waals surface area contributed by atoms with E-state index in [2.05, 4.69) is 4.98 Å². The lowest BCUT2D eigenvalue weighted by molar-refractivity contribution is 0.0977. The second-order valence-corrected chi connectivity index (χ2v) is 4.56. The van der Waals surface area contributed by atoms with Crippen LogP contribution in [-0.2, 0) is 0 Å². The first-order chi connectivity index (χ1) is 9.11. The van der Waals surface area contributed by atoms with Crippen molar-refractivity contribution in [2.45, 2.75) is 19.8 Å².